The van der Waals surface area contributed by atoms with Crippen LogP contribution in [0.1, 0.15) is 57.2 Å². The van der Waals surface area contributed by atoms with Gasteiger partial charge in [-0.1, -0.05) is 37.3 Å². The lowest BCUT2D eigenvalue weighted by molar-refractivity contribution is -0.142. The van der Waals surface area contributed by atoms with Crippen molar-refractivity contribution in [2.24, 2.45) is 0 Å². The van der Waals surface area contributed by atoms with Crippen molar-refractivity contribution in [1.29, 1.82) is 0 Å². The molecule has 1 amide bonds. The van der Waals surface area contributed by atoms with Crippen LogP contribution in [0, 0.1) is 0 Å². The van der Waals surface area contributed by atoms with E-state index in [-0.39, 0.29) is 25.5 Å². The molecular formula is C22H28BrF3N4O3. The van der Waals surface area contributed by atoms with Gasteiger partial charge in [0.1, 0.15) is 15.9 Å². The van der Waals surface area contributed by atoms with E-state index in [1.54, 1.807) is 52.0 Å². The quantitative estimate of drug-likeness (QED) is 0.484. The number of ether oxygens (including phenoxy) is 1. The third-order valence-electron chi connectivity index (χ3n) is 4.50. The Morgan fingerprint density at radius 3 is 2.36 bits per heavy atom. The zero-order chi connectivity index (χ0) is 24.8. The van der Waals surface area contributed by atoms with E-state index in [1.165, 1.54) is 4.57 Å². The minimum atomic E-state index is -4.80. The maximum atomic E-state index is 13.5. The van der Waals surface area contributed by atoms with Crippen LogP contribution in [-0.2, 0) is 17.5 Å². The highest BCUT2D eigenvalue weighted by molar-refractivity contribution is 9.10. The fourth-order valence-electron chi connectivity index (χ4n) is 3.06. The molecule has 11 heteroatoms. The average molecular weight is 533 g/mol. The number of benzene rings is 1. The molecule has 1 atom stereocenters. The van der Waals surface area contributed by atoms with Gasteiger partial charge in [-0.2, -0.15) is 13.2 Å². The zero-order valence-corrected chi connectivity index (χ0v) is 20.5. The number of alkyl carbamates (subject to hydrolysis) is 1. The van der Waals surface area contributed by atoms with Crippen molar-refractivity contribution in [1.82, 2.24) is 20.2 Å². The molecule has 1 aromatic heterocycles. The molecule has 0 aliphatic carbocycles. The first-order chi connectivity index (χ1) is 15.3. The molecule has 1 aromatic carbocycles. The van der Waals surface area contributed by atoms with Crippen molar-refractivity contribution in [3.63, 3.8) is 0 Å². The number of alkyl halides is 3. The number of aromatic nitrogens is 2. The van der Waals surface area contributed by atoms with Crippen molar-refractivity contribution in [3.8, 4) is 0 Å². The summed E-state index contributed by atoms with van der Waals surface area (Å²) >= 11 is 2.79. The summed E-state index contributed by atoms with van der Waals surface area (Å²) in [4.78, 5) is 28.5. The van der Waals surface area contributed by atoms with Crippen molar-refractivity contribution in [3.05, 3.63) is 62.2 Å². The number of nitrogens with zero attached hydrogens (tertiary/aromatic N) is 2. The summed E-state index contributed by atoms with van der Waals surface area (Å²) in [5, 5.41) is 5.66. The molecular weight excluding hydrogens is 505 g/mol. The molecule has 2 aromatic rings. The maximum Gasteiger partial charge on any atom is 0.434 e. The Hall–Kier alpha value is -2.40. The van der Waals surface area contributed by atoms with E-state index >= 15 is 0 Å². The Morgan fingerprint density at radius 1 is 1.18 bits per heavy atom. The number of carbonyl (C=O) groups excluding carboxylic acids is 1. The van der Waals surface area contributed by atoms with Crippen LogP contribution in [0.2, 0.25) is 0 Å². The molecule has 1 unspecified atom stereocenters. The Bertz CT molecular complexity index is 1000. The lowest BCUT2D eigenvalue weighted by atomic mass is 10.1. The SMILES string of the molecule is CCC(NCCNC(=O)OC(C)(C)C)c1nc(C(F)(F)F)c(Br)c(=O)n1Cc1ccccc1. The first-order valence-electron chi connectivity index (χ1n) is 10.4. The van der Waals surface area contributed by atoms with Gasteiger partial charge in [0.25, 0.3) is 5.56 Å². The highest BCUT2D eigenvalue weighted by Crippen LogP contribution is 2.32. The fourth-order valence-corrected chi connectivity index (χ4v) is 3.59. The number of hydrogen-bond donors (Lipinski definition) is 2. The Kier molecular flexibility index (Phi) is 9.07. The third kappa shape index (κ3) is 7.85. The van der Waals surface area contributed by atoms with Gasteiger partial charge in [-0.15, -0.1) is 0 Å². The fraction of sp³-hybridized carbons (Fsp3) is 0.500. The number of carbonyl (C=O) groups is 1. The van der Waals surface area contributed by atoms with E-state index in [2.05, 4.69) is 31.5 Å². The van der Waals surface area contributed by atoms with Crippen LogP contribution in [-0.4, -0.2) is 34.3 Å². The maximum absolute atomic E-state index is 13.5. The highest BCUT2D eigenvalue weighted by atomic mass is 79.9. The van der Waals surface area contributed by atoms with Gasteiger partial charge < -0.3 is 15.4 Å². The molecule has 2 rings (SSSR count). The standard InChI is InChI=1S/C22H28BrF3N4O3/c1-5-15(27-11-12-28-20(32)33-21(2,3)4)18-29-17(22(24,25)26)16(23)19(31)30(18)13-14-9-7-6-8-10-14/h6-10,15,27H,5,11-13H2,1-4H3,(H,28,32). The Labute approximate surface area is 198 Å². The number of nitrogens with one attached hydrogen (secondary N) is 2. The summed E-state index contributed by atoms with van der Waals surface area (Å²) in [5.74, 6) is -0.0286. The minimum Gasteiger partial charge on any atom is -0.444 e. The predicted molar refractivity (Wildman–Crippen MR) is 122 cm³/mol. The lowest BCUT2D eigenvalue weighted by Gasteiger charge is -2.23. The highest BCUT2D eigenvalue weighted by Gasteiger charge is 2.38. The van der Waals surface area contributed by atoms with Crippen LogP contribution in [0.15, 0.2) is 39.6 Å². The molecule has 0 saturated heterocycles. The Morgan fingerprint density at radius 2 is 1.82 bits per heavy atom. The molecule has 0 radical (unpaired) electrons. The van der Waals surface area contributed by atoms with Gasteiger partial charge in [-0.05, 0) is 48.7 Å². The molecule has 0 saturated carbocycles. The second kappa shape index (κ2) is 11.1. The van der Waals surface area contributed by atoms with Crippen LogP contribution in [0.5, 0.6) is 0 Å². The topological polar surface area (TPSA) is 85.2 Å². The second-order valence-corrected chi connectivity index (χ2v) is 9.14. The molecule has 7 nitrogen and oxygen atoms in total. The largest absolute Gasteiger partial charge is 0.444 e. The van der Waals surface area contributed by atoms with Crippen LogP contribution >= 0.6 is 15.9 Å². The molecule has 182 valence electrons. The Balaban J connectivity index is 2.31. The van der Waals surface area contributed by atoms with Crippen molar-refractivity contribution >= 4 is 22.0 Å². The number of halogens is 4. The van der Waals surface area contributed by atoms with Crippen molar-refractivity contribution in [2.45, 2.75) is 58.5 Å². The third-order valence-corrected chi connectivity index (χ3v) is 5.21. The molecule has 0 aliphatic heterocycles. The lowest BCUT2D eigenvalue weighted by Crippen LogP contribution is -2.39. The first kappa shape index (κ1) is 26.8. The monoisotopic (exact) mass is 532 g/mol. The van der Waals surface area contributed by atoms with Gasteiger partial charge in [0, 0.05) is 13.1 Å². The molecule has 2 N–H and O–H groups in total. The van der Waals surface area contributed by atoms with Crippen molar-refractivity contribution in [2.75, 3.05) is 13.1 Å². The van der Waals surface area contributed by atoms with E-state index in [4.69, 9.17) is 4.74 Å². The van der Waals surface area contributed by atoms with Crippen LogP contribution in [0.3, 0.4) is 0 Å². The van der Waals surface area contributed by atoms with E-state index < -0.39 is 39.6 Å². The first-order valence-corrected chi connectivity index (χ1v) is 11.2. The molecule has 0 aliphatic rings. The van der Waals surface area contributed by atoms with Crippen molar-refractivity contribution < 1.29 is 22.7 Å². The summed E-state index contributed by atoms with van der Waals surface area (Å²) < 4.78 is 46.4. The van der Waals surface area contributed by atoms with Gasteiger partial charge >= 0.3 is 12.3 Å². The van der Waals surface area contributed by atoms with Crippen LogP contribution in [0.25, 0.3) is 0 Å². The molecule has 0 bridgehead atoms. The predicted octanol–water partition coefficient (Wildman–Crippen LogP) is 4.64. The van der Waals surface area contributed by atoms with E-state index in [0.717, 1.165) is 5.56 Å². The second-order valence-electron chi connectivity index (χ2n) is 8.35. The number of amides is 1. The van der Waals surface area contributed by atoms with Gasteiger partial charge in [0.15, 0.2) is 5.69 Å². The summed E-state index contributed by atoms with van der Waals surface area (Å²) in [5.41, 5.74) is -1.98. The summed E-state index contributed by atoms with van der Waals surface area (Å²) in [6, 6.07) is 8.27. The van der Waals surface area contributed by atoms with E-state index in [1.807, 2.05) is 6.07 Å². The van der Waals surface area contributed by atoms with E-state index in [0.29, 0.717) is 6.42 Å². The molecule has 1 heterocycles. The summed E-state index contributed by atoms with van der Waals surface area (Å²) in [6.07, 6.45) is -5.03. The van der Waals surface area contributed by atoms with Gasteiger partial charge in [-0.3, -0.25) is 9.36 Å². The average Bonchev–Trinajstić information content (AvgIpc) is 2.71. The van der Waals surface area contributed by atoms with Crippen LogP contribution in [0.4, 0.5) is 18.0 Å². The zero-order valence-electron chi connectivity index (χ0n) is 18.9. The van der Waals surface area contributed by atoms with Gasteiger partial charge in [0.2, 0.25) is 0 Å². The van der Waals surface area contributed by atoms with E-state index in [9.17, 15) is 22.8 Å². The summed E-state index contributed by atoms with van der Waals surface area (Å²) in [7, 11) is 0. The molecule has 0 fully saturated rings. The summed E-state index contributed by atoms with van der Waals surface area (Å²) in [6.45, 7) is 7.46. The minimum absolute atomic E-state index is 0.0286. The van der Waals surface area contributed by atoms with Crippen LogP contribution < -0.4 is 16.2 Å². The van der Waals surface area contributed by atoms with Gasteiger partial charge in [0.05, 0.1) is 12.6 Å². The number of hydrogen-bond acceptors (Lipinski definition) is 5. The van der Waals surface area contributed by atoms with Gasteiger partial charge in [-0.25, -0.2) is 9.78 Å². The smallest absolute Gasteiger partial charge is 0.434 e. The molecule has 0 spiro atoms. The normalized spacial score (nSPS) is 13.0. The molecule has 33 heavy (non-hydrogen) atoms. The number of rotatable bonds is 8.